The van der Waals surface area contributed by atoms with Crippen molar-refractivity contribution in [3.05, 3.63) is 75.3 Å². The number of hydrogen-bond donors (Lipinski definition) is 1. The molecule has 0 aliphatic rings. The van der Waals surface area contributed by atoms with Crippen LogP contribution in [0.25, 0.3) is 16.9 Å². The smallest absolute Gasteiger partial charge is 0.406 e. The summed E-state index contributed by atoms with van der Waals surface area (Å²) in [5.41, 5.74) is 0.604. The Morgan fingerprint density at radius 2 is 1.65 bits per heavy atom. The third-order valence-electron chi connectivity index (χ3n) is 3.48. The Balaban J connectivity index is 1.98. The summed E-state index contributed by atoms with van der Waals surface area (Å²) in [6, 6.07) is 10.3. The molecule has 26 heavy (non-hydrogen) atoms. The van der Waals surface area contributed by atoms with Gasteiger partial charge in [0.2, 0.25) is 0 Å². The van der Waals surface area contributed by atoms with Crippen LogP contribution in [-0.2, 0) is 0 Å². The van der Waals surface area contributed by atoms with Gasteiger partial charge in [-0.05, 0) is 36.4 Å². The van der Waals surface area contributed by atoms with Crippen LogP contribution in [0.1, 0.15) is 0 Å². The van der Waals surface area contributed by atoms with Crippen LogP contribution in [0.3, 0.4) is 0 Å². The fourth-order valence-corrected chi connectivity index (χ4v) is 2.39. The summed E-state index contributed by atoms with van der Waals surface area (Å²) in [6.45, 7) is 0. The van der Waals surface area contributed by atoms with Gasteiger partial charge in [0, 0.05) is 23.9 Å². The highest BCUT2D eigenvalue weighted by Crippen LogP contribution is 2.26. The number of aromatic nitrogens is 2. The summed E-state index contributed by atoms with van der Waals surface area (Å²) in [5, 5.41) is 10.7. The van der Waals surface area contributed by atoms with Gasteiger partial charge in [0.05, 0.1) is 16.3 Å². The zero-order valence-electron chi connectivity index (χ0n) is 12.9. The first-order valence-electron chi connectivity index (χ1n) is 7.16. The summed E-state index contributed by atoms with van der Waals surface area (Å²) in [6.07, 6.45) is -3.40. The lowest BCUT2D eigenvalue weighted by atomic mass is 10.1. The van der Waals surface area contributed by atoms with Gasteiger partial charge in [-0.3, -0.25) is 14.7 Å². The summed E-state index contributed by atoms with van der Waals surface area (Å²) in [7, 11) is 0. The number of non-ortho nitro benzene ring substituents is 1. The Labute approximate surface area is 143 Å². The number of H-pyrrole nitrogens is 1. The van der Waals surface area contributed by atoms with Crippen molar-refractivity contribution in [1.82, 2.24) is 9.55 Å². The molecule has 134 valence electrons. The SMILES string of the molecule is O=c1[nH]cc(-c2ccc([N+](=O)[O-])cc2)n1-c1ccc(OC(F)(F)F)cc1. The van der Waals surface area contributed by atoms with Crippen LogP contribution in [-0.4, -0.2) is 20.8 Å². The number of alkyl halides is 3. The van der Waals surface area contributed by atoms with Crippen LogP contribution in [0, 0.1) is 10.1 Å². The first kappa shape index (κ1) is 17.3. The topological polar surface area (TPSA) is 90.2 Å². The fraction of sp³-hybridized carbons (Fsp3) is 0.0625. The van der Waals surface area contributed by atoms with Crippen LogP contribution < -0.4 is 10.4 Å². The van der Waals surface area contributed by atoms with Crippen molar-refractivity contribution in [2.24, 2.45) is 0 Å². The van der Waals surface area contributed by atoms with E-state index in [1.54, 1.807) is 0 Å². The van der Waals surface area contributed by atoms with E-state index >= 15 is 0 Å². The normalized spacial score (nSPS) is 11.3. The molecule has 0 aliphatic heterocycles. The molecule has 1 N–H and O–H groups in total. The maximum atomic E-state index is 12.2. The minimum atomic E-state index is -4.81. The monoisotopic (exact) mass is 365 g/mol. The van der Waals surface area contributed by atoms with Crippen molar-refractivity contribution >= 4 is 5.69 Å². The molecule has 1 aromatic heterocycles. The molecule has 3 aromatic rings. The lowest BCUT2D eigenvalue weighted by molar-refractivity contribution is -0.384. The van der Waals surface area contributed by atoms with E-state index in [0.717, 1.165) is 12.1 Å². The fourth-order valence-electron chi connectivity index (χ4n) is 2.39. The van der Waals surface area contributed by atoms with Crippen molar-refractivity contribution in [1.29, 1.82) is 0 Å². The van der Waals surface area contributed by atoms with E-state index in [9.17, 15) is 28.1 Å². The Bertz CT molecular complexity index is 989. The van der Waals surface area contributed by atoms with Crippen molar-refractivity contribution in [2.45, 2.75) is 6.36 Å². The first-order valence-corrected chi connectivity index (χ1v) is 7.16. The summed E-state index contributed by atoms with van der Waals surface area (Å²) in [4.78, 5) is 24.8. The Hall–Kier alpha value is -3.56. The van der Waals surface area contributed by atoms with Crippen LogP contribution in [0.15, 0.2) is 59.5 Å². The molecule has 0 aliphatic carbocycles. The second kappa shape index (κ2) is 6.39. The van der Waals surface area contributed by atoms with Crippen LogP contribution in [0.2, 0.25) is 0 Å². The molecule has 3 rings (SSSR count). The molecule has 0 amide bonds. The number of nitrogens with one attached hydrogen (secondary N) is 1. The van der Waals surface area contributed by atoms with E-state index in [0.29, 0.717) is 16.9 Å². The lowest BCUT2D eigenvalue weighted by Gasteiger charge is -2.11. The van der Waals surface area contributed by atoms with Crippen molar-refractivity contribution in [3.63, 3.8) is 0 Å². The minimum Gasteiger partial charge on any atom is -0.406 e. The molecule has 0 radical (unpaired) electrons. The molecular weight excluding hydrogens is 355 g/mol. The van der Waals surface area contributed by atoms with E-state index < -0.39 is 22.7 Å². The molecular formula is C16H10F3N3O4. The minimum absolute atomic E-state index is 0.105. The number of rotatable bonds is 4. The number of imidazole rings is 1. The summed E-state index contributed by atoms with van der Waals surface area (Å²) < 4.78 is 41.7. The van der Waals surface area contributed by atoms with Gasteiger partial charge < -0.3 is 9.72 Å². The van der Waals surface area contributed by atoms with Gasteiger partial charge in [0.25, 0.3) is 5.69 Å². The third kappa shape index (κ3) is 3.58. The molecule has 0 atom stereocenters. The van der Waals surface area contributed by atoms with Gasteiger partial charge in [0.1, 0.15) is 5.75 Å². The third-order valence-corrected chi connectivity index (χ3v) is 3.48. The van der Waals surface area contributed by atoms with E-state index in [1.165, 1.54) is 47.2 Å². The van der Waals surface area contributed by atoms with Crippen LogP contribution in [0.4, 0.5) is 18.9 Å². The zero-order chi connectivity index (χ0) is 18.9. The number of nitro benzene ring substituents is 1. The Morgan fingerprint density at radius 3 is 2.19 bits per heavy atom. The second-order valence-corrected chi connectivity index (χ2v) is 5.16. The highest BCUT2D eigenvalue weighted by Gasteiger charge is 2.31. The van der Waals surface area contributed by atoms with Gasteiger partial charge in [-0.2, -0.15) is 0 Å². The number of halogens is 3. The molecule has 0 saturated carbocycles. The highest BCUT2D eigenvalue weighted by atomic mass is 19.4. The Morgan fingerprint density at radius 1 is 1.04 bits per heavy atom. The number of hydrogen-bond acceptors (Lipinski definition) is 4. The van der Waals surface area contributed by atoms with Crippen molar-refractivity contribution in [2.75, 3.05) is 0 Å². The summed E-state index contributed by atoms with van der Waals surface area (Å²) >= 11 is 0. The molecule has 1 heterocycles. The quantitative estimate of drug-likeness (QED) is 0.565. The van der Waals surface area contributed by atoms with Crippen molar-refractivity contribution in [3.8, 4) is 22.7 Å². The molecule has 7 nitrogen and oxygen atoms in total. The maximum absolute atomic E-state index is 12.2. The molecule has 0 fully saturated rings. The second-order valence-electron chi connectivity index (χ2n) is 5.16. The van der Waals surface area contributed by atoms with E-state index in [4.69, 9.17) is 0 Å². The van der Waals surface area contributed by atoms with Gasteiger partial charge in [0.15, 0.2) is 0 Å². The standard InChI is InChI=1S/C16H10F3N3O4/c17-16(18,19)26-13-7-5-11(6-8-13)21-14(9-20-15(21)23)10-1-3-12(4-2-10)22(24)25/h1-9H,(H,20,23). The average molecular weight is 365 g/mol. The molecule has 0 spiro atoms. The number of ether oxygens (including phenoxy) is 1. The van der Waals surface area contributed by atoms with E-state index in [-0.39, 0.29) is 5.69 Å². The molecule has 10 heteroatoms. The molecule has 0 saturated heterocycles. The number of aromatic amines is 1. The first-order chi connectivity index (χ1) is 12.2. The largest absolute Gasteiger partial charge is 0.573 e. The average Bonchev–Trinajstić information content (AvgIpc) is 2.96. The predicted molar refractivity (Wildman–Crippen MR) is 85.2 cm³/mol. The molecule has 0 unspecified atom stereocenters. The highest BCUT2D eigenvalue weighted by molar-refractivity contribution is 5.63. The van der Waals surface area contributed by atoms with Gasteiger partial charge >= 0.3 is 12.1 Å². The van der Waals surface area contributed by atoms with E-state index in [1.807, 2.05) is 0 Å². The zero-order valence-corrected chi connectivity index (χ0v) is 12.9. The van der Waals surface area contributed by atoms with Crippen LogP contribution >= 0.6 is 0 Å². The van der Waals surface area contributed by atoms with E-state index in [2.05, 4.69) is 9.72 Å². The Kier molecular flexibility index (Phi) is 4.24. The van der Waals surface area contributed by atoms with Gasteiger partial charge in [-0.1, -0.05) is 0 Å². The molecule has 2 aromatic carbocycles. The molecule has 0 bridgehead atoms. The predicted octanol–water partition coefficient (Wildman–Crippen LogP) is 3.64. The van der Waals surface area contributed by atoms with Crippen molar-refractivity contribution < 1.29 is 22.8 Å². The number of nitro groups is 1. The number of benzene rings is 2. The van der Waals surface area contributed by atoms with Gasteiger partial charge in [-0.25, -0.2) is 4.79 Å². The van der Waals surface area contributed by atoms with Gasteiger partial charge in [-0.15, -0.1) is 13.2 Å². The summed E-state index contributed by atoms with van der Waals surface area (Å²) in [5.74, 6) is -0.415. The maximum Gasteiger partial charge on any atom is 0.573 e. The number of nitrogens with zero attached hydrogens (tertiary/aromatic N) is 2. The van der Waals surface area contributed by atoms with Crippen LogP contribution in [0.5, 0.6) is 5.75 Å². The lowest BCUT2D eigenvalue weighted by Crippen LogP contribution is -2.18.